The van der Waals surface area contributed by atoms with Gasteiger partial charge in [-0.2, -0.15) is 0 Å². The number of hydrogen-bond donors (Lipinski definition) is 1. The van der Waals surface area contributed by atoms with Crippen LogP contribution in [0.25, 0.3) is 16.5 Å². The van der Waals surface area contributed by atoms with E-state index in [0.29, 0.717) is 52.5 Å². The Bertz CT molecular complexity index is 1430. The van der Waals surface area contributed by atoms with Gasteiger partial charge in [-0.25, -0.2) is 0 Å². The van der Waals surface area contributed by atoms with E-state index in [1.54, 1.807) is 55.8 Å². The maximum absolute atomic E-state index is 13.4. The standard InChI is InChI=1S/C27H24N2O5/c1-17(18-7-12-24-25(15-18)34-14-13-33-24)28-26(30)23-16-29(19-8-10-20(32-2)11-9-19)27(31)22-6-4-3-5-21(22)23/h3-12,15-17H,13-14H2,1-2H3,(H,28,30). The summed E-state index contributed by atoms with van der Waals surface area (Å²) in [6, 6.07) is 19.6. The van der Waals surface area contributed by atoms with E-state index in [1.807, 2.05) is 31.2 Å². The fourth-order valence-corrected chi connectivity index (χ4v) is 4.09. The molecular weight excluding hydrogens is 432 g/mol. The van der Waals surface area contributed by atoms with E-state index < -0.39 is 0 Å². The number of nitrogens with one attached hydrogen (secondary N) is 1. The molecule has 0 saturated heterocycles. The van der Waals surface area contributed by atoms with Crippen molar-refractivity contribution in [2.24, 2.45) is 0 Å². The van der Waals surface area contributed by atoms with Crippen molar-refractivity contribution < 1.29 is 19.0 Å². The Balaban J connectivity index is 1.51. The molecule has 1 N–H and O–H groups in total. The molecule has 7 nitrogen and oxygen atoms in total. The summed E-state index contributed by atoms with van der Waals surface area (Å²) in [4.78, 5) is 26.6. The highest BCUT2D eigenvalue weighted by Gasteiger charge is 2.19. The van der Waals surface area contributed by atoms with Crippen LogP contribution in [0.5, 0.6) is 17.2 Å². The largest absolute Gasteiger partial charge is 0.497 e. The second-order valence-corrected chi connectivity index (χ2v) is 8.06. The maximum atomic E-state index is 13.4. The zero-order valence-electron chi connectivity index (χ0n) is 18.9. The fraction of sp³-hybridized carbons (Fsp3) is 0.185. The fourth-order valence-electron chi connectivity index (χ4n) is 4.09. The van der Waals surface area contributed by atoms with E-state index in [9.17, 15) is 9.59 Å². The molecule has 0 spiro atoms. The number of carbonyl (C=O) groups excluding carboxylic acids is 1. The van der Waals surface area contributed by atoms with Crippen molar-refractivity contribution >= 4 is 16.7 Å². The summed E-state index contributed by atoms with van der Waals surface area (Å²) < 4.78 is 18.0. The van der Waals surface area contributed by atoms with Gasteiger partial charge in [0.05, 0.1) is 18.7 Å². The van der Waals surface area contributed by atoms with E-state index in [4.69, 9.17) is 14.2 Å². The summed E-state index contributed by atoms with van der Waals surface area (Å²) in [5.41, 5.74) is 1.75. The van der Waals surface area contributed by atoms with E-state index in [1.165, 1.54) is 4.57 Å². The molecule has 0 radical (unpaired) electrons. The average Bonchev–Trinajstić information content (AvgIpc) is 2.88. The number of fused-ring (bicyclic) bond motifs is 2. The topological polar surface area (TPSA) is 78.8 Å². The van der Waals surface area contributed by atoms with Crippen molar-refractivity contribution in [1.29, 1.82) is 0 Å². The van der Waals surface area contributed by atoms with Crippen LogP contribution in [0.15, 0.2) is 77.7 Å². The highest BCUT2D eigenvalue weighted by Crippen LogP contribution is 2.32. The van der Waals surface area contributed by atoms with Crippen molar-refractivity contribution in [2.75, 3.05) is 20.3 Å². The molecule has 1 aromatic heterocycles. The Morgan fingerprint density at radius 3 is 2.41 bits per heavy atom. The summed E-state index contributed by atoms with van der Waals surface area (Å²) in [5, 5.41) is 4.13. The van der Waals surface area contributed by atoms with Gasteiger partial charge < -0.3 is 19.5 Å². The van der Waals surface area contributed by atoms with Gasteiger partial charge in [0.15, 0.2) is 11.5 Å². The van der Waals surface area contributed by atoms with Gasteiger partial charge in [0.1, 0.15) is 19.0 Å². The first-order chi connectivity index (χ1) is 16.5. The molecule has 0 fully saturated rings. The minimum atomic E-state index is -0.288. The molecule has 5 rings (SSSR count). The molecule has 1 unspecified atom stereocenters. The molecule has 172 valence electrons. The lowest BCUT2D eigenvalue weighted by molar-refractivity contribution is 0.0941. The lowest BCUT2D eigenvalue weighted by atomic mass is 10.0. The van der Waals surface area contributed by atoms with Crippen molar-refractivity contribution in [2.45, 2.75) is 13.0 Å². The van der Waals surface area contributed by atoms with Crippen LogP contribution in [-0.2, 0) is 0 Å². The summed E-state index contributed by atoms with van der Waals surface area (Å²) >= 11 is 0. The number of rotatable bonds is 5. The predicted octanol–water partition coefficient (Wildman–Crippen LogP) is 4.26. The van der Waals surface area contributed by atoms with Crippen LogP contribution >= 0.6 is 0 Å². The SMILES string of the molecule is COc1ccc(-n2cc(C(=O)NC(C)c3ccc4c(c3)OCCO4)c3ccccc3c2=O)cc1. The number of methoxy groups -OCH3 is 1. The smallest absolute Gasteiger partial charge is 0.262 e. The molecule has 1 aliphatic heterocycles. The normalized spacial score (nSPS) is 13.4. The Kier molecular flexibility index (Phi) is 5.67. The lowest BCUT2D eigenvalue weighted by Gasteiger charge is -2.21. The lowest BCUT2D eigenvalue weighted by Crippen LogP contribution is -2.29. The van der Waals surface area contributed by atoms with Crippen LogP contribution in [0.4, 0.5) is 0 Å². The number of hydrogen-bond acceptors (Lipinski definition) is 5. The van der Waals surface area contributed by atoms with Gasteiger partial charge in [-0.1, -0.05) is 24.3 Å². The molecule has 4 aromatic rings. The van der Waals surface area contributed by atoms with Gasteiger partial charge in [-0.15, -0.1) is 0 Å². The molecule has 3 aromatic carbocycles. The Morgan fingerprint density at radius 2 is 1.68 bits per heavy atom. The van der Waals surface area contributed by atoms with Gasteiger partial charge in [-0.3, -0.25) is 14.2 Å². The summed E-state index contributed by atoms with van der Waals surface area (Å²) in [7, 11) is 1.59. The van der Waals surface area contributed by atoms with Gasteiger partial charge in [0.25, 0.3) is 11.5 Å². The Hall–Kier alpha value is -4.26. The highest BCUT2D eigenvalue weighted by atomic mass is 16.6. The number of carbonyl (C=O) groups is 1. The van der Waals surface area contributed by atoms with Crippen LogP contribution < -0.4 is 25.1 Å². The van der Waals surface area contributed by atoms with Crippen LogP contribution in [0.1, 0.15) is 28.9 Å². The molecule has 0 saturated carbocycles. The van der Waals surface area contributed by atoms with Crippen LogP contribution in [0, 0.1) is 0 Å². The minimum absolute atomic E-state index is 0.197. The number of pyridine rings is 1. The van der Waals surface area contributed by atoms with Gasteiger partial charge >= 0.3 is 0 Å². The first-order valence-corrected chi connectivity index (χ1v) is 11.0. The number of benzene rings is 3. The first-order valence-electron chi connectivity index (χ1n) is 11.0. The molecule has 2 heterocycles. The number of amides is 1. The molecule has 1 atom stereocenters. The Morgan fingerprint density at radius 1 is 0.971 bits per heavy atom. The third-order valence-electron chi connectivity index (χ3n) is 5.93. The minimum Gasteiger partial charge on any atom is -0.497 e. The van der Waals surface area contributed by atoms with Crippen LogP contribution in [-0.4, -0.2) is 30.8 Å². The molecule has 1 aliphatic rings. The number of nitrogens with zero attached hydrogens (tertiary/aromatic N) is 1. The van der Waals surface area contributed by atoms with Gasteiger partial charge in [0.2, 0.25) is 0 Å². The van der Waals surface area contributed by atoms with Crippen LogP contribution in [0.2, 0.25) is 0 Å². The van der Waals surface area contributed by atoms with Crippen molar-refractivity contribution in [3.63, 3.8) is 0 Å². The van der Waals surface area contributed by atoms with Gasteiger partial charge in [-0.05, 0) is 55.0 Å². The van der Waals surface area contributed by atoms with Crippen molar-refractivity contribution in [1.82, 2.24) is 9.88 Å². The maximum Gasteiger partial charge on any atom is 0.262 e. The van der Waals surface area contributed by atoms with E-state index in [0.717, 1.165) is 5.56 Å². The summed E-state index contributed by atoms with van der Waals surface area (Å²) in [6.07, 6.45) is 1.60. The summed E-state index contributed by atoms with van der Waals surface area (Å²) in [5.74, 6) is 1.78. The zero-order chi connectivity index (χ0) is 23.7. The molecule has 0 aliphatic carbocycles. The third-order valence-corrected chi connectivity index (χ3v) is 5.93. The second-order valence-electron chi connectivity index (χ2n) is 8.06. The second kappa shape index (κ2) is 8.94. The molecule has 34 heavy (non-hydrogen) atoms. The van der Waals surface area contributed by atoms with Crippen molar-refractivity contribution in [3.8, 4) is 22.9 Å². The van der Waals surface area contributed by atoms with Gasteiger partial charge in [0, 0.05) is 22.7 Å². The monoisotopic (exact) mass is 456 g/mol. The predicted molar refractivity (Wildman–Crippen MR) is 129 cm³/mol. The molecular formula is C27H24N2O5. The Labute approximate surface area is 196 Å². The zero-order valence-corrected chi connectivity index (χ0v) is 18.9. The van der Waals surface area contributed by atoms with E-state index >= 15 is 0 Å². The van der Waals surface area contributed by atoms with E-state index in [2.05, 4.69) is 5.32 Å². The molecule has 1 amide bonds. The van der Waals surface area contributed by atoms with E-state index in [-0.39, 0.29) is 17.5 Å². The van der Waals surface area contributed by atoms with Crippen LogP contribution in [0.3, 0.4) is 0 Å². The first kappa shape index (κ1) is 21.6. The highest BCUT2D eigenvalue weighted by molar-refractivity contribution is 6.06. The van der Waals surface area contributed by atoms with Crippen molar-refractivity contribution in [3.05, 3.63) is 94.4 Å². The molecule has 0 bridgehead atoms. The third kappa shape index (κ3) is 3.96. The quantitative estimate of drug-likeness (QED) is 0.486. The number of aromatic nitrogens is 1. The average molecular weight is 456 g/mol. The number of ether oxygens (including phenoxy) is 3. The molecule has 7 heteroatoms. The summed E-state index contributed by atoms with van der Waals surface area (Å²) in [6.45, 7) is 2.93.